The number of hydrogen-bond donors (Lipinski definition) is 1. The lowest BCUT2D eigenvalue weighted by atomic mass is 9.56. The summed E-state index contributed by atoms with van der Waals surface area (Å²) in [6.45, 7) is 3.01. The Kier molecular flexibility index (Phi) is 4.10. The van der Waals surface area contributed by atoms with Crippen LogP contribution in [-0.2, 0) is 6.42 Å². The zero-order valence-electron chi connectivity index (χ0n) is 15.6. The van der Waals surface area contributed by atoms with Crippen molar-refractivity contribution in [2.75, 3.05) is 26.2 Å². The summed E-state index contributed by atoms with van der Waals surface area (Å²) in [5, 5.41) is 6.79. The highest BCUT2D eigenvalue weighted by Crippen LogP contribution is 2.53. The summed E-state index contributed by atoms with van der Waals surface area (Å²) < 4.78 is 26.9. The molecule has 1 N–H and O–H groups in total. The van der Waals surface area contributed by atoms with Crippen molar-refractivity contribution in [1.29, 1.82) is 0 Å². The zero-order valence-corrected chi connectivity index (χ0v) is 15.6. The number of rotatable bonds is 3. The van der Waals surface area contributed by atoms with Gasteiger partial charge in [0, 0.05) is 43.6 Å². The Hall–Kier alpha value is -2.51. The van der Waals surface area contributed by atoms with E-state index in [1.54, 1.807) is 6.07 Å². The molecule has 2 saturated heterocycles. The summed E-state index contributed by atoms with van der Waals surface area (Å²) in [6.07, 6.45) is 5.07. The van der Waals surface area contributed by atoms with Crippen molar-refractivity contribution in [1.82, 2.24) is 25.0 Å². The number of nitrogens with one attached hydrogen (secondary N) is 1. The molecular formula is C20H23F2N5O. The van der Waals surface area contributed by atoms with Gasteiger partial charge >= 0.3 is 6.03 Å². The maximum absolute atomic E-state index is 13.8. The SMILES string of the molecule is O=C(N1CCC(c2ncn[nH]2)C1)N1CC2(CC(Cc3ccc(F)cc3F)C2)C1. The van der Waals surface area contributed by atoms with Crippen LogP contribution in [0.1, 0.15) is 36.6 Å². The third-order valence-corrected chi connectivity index (χ3v) is 6.57. The van der Waals surface area contributed by atoms with Crippen molar-refractivity contribution in [2.45, 2.75) is 31.6 Å². The summed E-state index contributed by atoms with van der Waals surface area (Å²) in [6, 6.07) is 3.93. The van der Waals surface area contributed by atoms with E-state index in [4.69, 9.17) is 0 Å². The first-order valence-corrected chi connectivity index (χ1v) is 9.84. The minimum atomic E-state index is -0.535. The van der Waals surface area contributed by atoms with Crippen molar-refractivity contribution in [3.8, 4) is 0 Å². The van der Waals surface area contributed by atoms with Gasteiger partial charge in [-0.05, 0) is 43.2 Å². The van der Waals surface area contributed by atoms with Gasteiger partial charge in [-0.2, -0.15) is 5.10 Å². The molecule has 3 fully saturated rings. The molecule has 1 aliphatic carbocycles. The molecule has 1 saturated carbocycles. The van der Waals surface area contributed by atoms with Crippen LogP contribution in [0.15, 0.2) is 24.5 Å². The van der Waals surface area contributed by atoms with Gasteiger partial charge in [-0.3, -0.25) is 5.10 Å². The fourth-order valence-electron chi connectivity index (χ4n) is 5.23. The van der Waals surface area contributed by atoms with Gasteiger partial charge in [0.1, 0.15) is 23.8 Å². The maximum atomic E-state index is 13.8. The van der Waals surface area contributed by atoms with Crippen molar-refractivity contribution in [3.63, 3.8) is 0 Å². The highest BCUT2D eigenvalue weighted by molar-refractivity contribution is 5.76. The molecule has 3 aliphatic rings. The molecule has 8 heteroatoms. The van der Waals surface area contributed by atoms with Gasteiger partial charge in [-0.1, -0.05) is 6.07 Å². The Bertz CT molecular complexity index is 873. The fourth-order valence-corrected chi connectivity index (χ4v) is 5.23. The smallest absolute Gasteiger partial charge is 0.320 e. The third-order valence-electron chi connectivity index (χ3n) is 6.57. The molecule has 2 aliphatic heterocycles. The molecule has 1 aromatic carbocycles. The number of aromatic nitrogens is 3. The van der Waals surface area contributed by atoms with E-state index in [1.807, 2.05) is 9.80 Å². The largest absolute Gasteiger partial charge is 0.324 e. The number of benzene rings is 1. The second kappa shape index (κ2) is 6.53. The van der Waals surface area contributed by atoms with Gasteiger partial charge in [0.15, 0.2) is 0 Å². The number of hydrogen-bond acceptors (Lipinski definition) is 3. The van der Waals surface area contributed by atoms with Crippen molar-refractivity contribution in [3.05, 3.63) is 47.5 Å². The van der Waals surface area contributed by atoms with Crippen LogP contribution in [0.3, 0.4) is 0 Å². The number of amides is 2. The molecule has 1 atom stereocenters. The highest BCUT2D eigenvalue weighted by atomic mass is 19.1. The Morgan fingerprint density at radius 3 is 2.79 bits per heavy atom. The maximum Gasteiger partial charge on any atom is 0.320 e. The van der Waals surface area contributed by atoms with Crippen LogP contribution < -0.4 is 0 Å². The average molecular weight is 387 g/mol. The van der Waals surface area contributed by atoms with Crippen LogP contribution in [0, 0.1) is 23.0 Å². The Morgan fingerprint density at radius 2 is 2.07 bits per heavy atom. The minimum absolute atomic E-state index is 0.112. The minimum Gasteiger partial charge on any atom is -0.324 e. The van der Waals surface area contributed by atoms with E-state index >= 15 is 0 Å². The molecule has 2 aromatic rings. The number of carbonyl (C=O) groups is 1. The molecule has 28 heavy (non-hydrogen) atoms. The summed E-state index contributed by atoms with van der Waals surface area (Å²) in [5.41, 5.74) is 0.796. The van der Waals surface area contributed by atoms with E-state index in [1.165, 1.54) is 12.4 Å². The quantitative estimate of drug-likeness (QED) is 0.881. The topological polar surface area (TPSA) is 65.1 Å². The van der Waals surface area contributed by atoms with E-state index in [0.29, 0.717) is 24.4 Å². The van der Waals surface area contributed by atoms with Crippen molar-refractivity contribution in [2.24, 2.45) is 11.3 Å². The molecule has 3 heterocycles. The van der Waals surface area contributed by atoms with E-state index < -0.39 is 11.6 Å². The van der Waals surface area contributed by atoms with Crippen LogP contribution in [-0.4, -0.2) is 57.2 Å². The lowest BCUT2D eigenvalue weighted by molar-refractivity contribution is -0.0755. The van der Waals surface area contributed by atoms with Crippen LogP contribution >= 0.6 is 0 Å². The monoisotopic (exact) mass is 387 g/mol. The number of nitrogens with zero attached hydrogens (tertiary/aromatic N) is 4. The Balaban J connectivity index is 1.10. The van der Waals surface area contributed by atoms with Gasteiger partial charge in [0.05, 0.1) is 0 Å². The third kappa shape index (κ3) is 3.04. The predicted molar refractivity (Wildman–Crippen MR) is 97.5 cm³/mol. The van der Waals surface area contributed by atoms with E-state index in [-0.39, 0.29) is 17.4 Å². The van der Waals surface area contributed by atoms with Crippen molar-refractivity contribution < 1.29 is 13.6 Å². The number of urea groups is 1. The molecule has 1 unspecified atom stereocenters. The molecule has 2 amide bonds. The van der Waals surface area contributed by atoms with Crippen LogP contribution in [0.25, 0.3) is 0 Å². The van der Waals surface area contributed by atoms with Crippen LogP contribution in [0.5, 0.6) is 0 Å². The van der Waals surface area contributed by atoms with Crippen LogP contribution in [0.2, 0.25) is 0 Å². The molecule has 1 aromatic heterocycles. The van der Waals surface area contributed by atoms with E-state index in [0.717, 1.165) is 50.8 Å². The molecule has 148 valence electrons. The van der Waals surface area contributed by atoms with E-state index in [9.17, 15) is 13.6 Å². The summed E-state index contributed by atoms with van der Waals surface area (Å²) in [4.78, 5) is 20.8. The second-order valence-corrected chi connectivity index (χ2v) is 8.66. The second-order valence-electron chi connectivity index (χ2n) is 8.66. The molecule has 0 bridgehead atoms. The van der Waals surface area contributed by atoms with Gasteiger partial charge in [0.2, 0.25) is 0 Å². The molecule has 0 radical (unpaired) electrons. The first kappa shape index (κ1) is 17.6. The number of aromatic amines is 1. The highest BCUT2D eigenvalue weighted by Gasteiger charge is 2.54. The number of likely N-dealkylation sites (tertiary alicyclic amines) is 2. The van der Waals surface area contributed by atoms with Crippen molar-refractivity contribution >= 4 is 6.03 Å². The lowest BCUT2D eigenvalue weighted by Gasteiger charge is -2.59. The normalized spacial score (nSPS) is 23.7. The Morgan fingerprint density at radius 1 is 1.25 bits per heavy atom. The number of halogens is 2. The summed E-state index contributed by atoms with van der Waals surface area (Å²) in [7, 11) is 0. The standard InChI is InChI=1S/C20H23F2N5O/c21-16-2-1-14(17(22)6-16)5-13-7-20(8-13)10-27(11-20)19(28)26-4-3-15(9-26)18-23-12-24-25-18/h1-2,6,12-13,15H,3-5,7-11H2,(H,23,24,25). The van der Waals surface area contributed by atoms with Crippen LogP contribution in [0.4, 0.5) is 13.6 Å². The first-order chi connectivity index (χ1) is 13.5. The van der Waals surface area contributed by atoms with Gasteiger partial charge in [-0.25, -0.2) is 18.6 Å². The first-order valence-electron chi connectivity index (χ1n) is 9.84. The lowest BCUT2D eigenvalue weighted by Crippen LogP contribution is -2.65. The number of H-pyrrole nitrogens is 1. The van der Waals surface area contributed by atoms with Gasteiger partial charge in [-0.15, -0.1) is 0 Å². The molecular weight excluding hydrogens is 364 g/mol. The average Bonchev–Trinajstić information content (AvgIpc) is 3.28. The molecule has 6 nitrogen and oxygen atoms in total. The number of carbonyl (C=O) groups excluding carboxylic acids is 1. The van der Waals surface area contributed by atoms with Gasteiger partial charge < -0.3 is 9.80 Å². The summed E-state index contributed by atoms with van der Waals surface area (Å²) in [5.74, 6) is 0.513. The fraction of sp³-hybridized carbons (Fsp3) is 0.550. The zero-order chi connectivity index (χ0) is 19.3. The Labute approximate surface area is 161 Å². The molecule has 1 spiro atoms. The summed E-state index contributed by atoms with van der Waals surface area (Å²) >= 11 is 0. The molecule has 5 rings (SSSR count). The van der Waals surface area contributed by atoms with Gasteiger partial charge in [0.25, 0.3) is 0 Å². The predicted octanol–water partition coefficient (Wildman–Crippen LogP) is 2.95. The van der Waals surface area contributed by atoms with E-state index in [2.05, 4.69) is 15.2 Å².